The molecule has 1 aliphatic carbocycles. The average Bonchev–Trinajstić information content (AvgIpc) is 3.51. The van der Waals surface area contributed by atoms with Crippen molar-refractivity contribution in [3.63, 3.8) is 0 Å². The fourth-order valence-electron chi connectivity index (χ4n) is 4.73. The number of ether oxygens (including phenoxy) is 2. The van der Waals surface area contributed by atoms with E-state index in [1.165, 1.54) is 43.3 Å². The zero-order chi connectivity index (χ0) is 19.6. The van der Waals surface area contributed by atoms with E-state index in [1.54, 1.807) is 7.11 Å². The molecule has 1 aliphatic heterocycles. The first kappa shape index (κ1) is 18.5. The molecule has 1 N–H and O–H groups in total. The smallest absolute Gasteiger partial charge is 0.163 e. The van der Waals surface area contributed by atoms with Crippen molar-refractivity contribution in [3.05, 3.63) is 36.2 Å². The third kappa shape index (κ3) is 3.60. The number of aromatic amines is 1. The summed E-state index contributed by atoms with van der Waals surface area (Å²) in [6.07, 6.45) is 11.4. The fraction of sp³-hybridized carbons (Fsp3) is 0.458. The molecule has 152 valence electrons. The maximum atomic E-state index is 6.12. The number of hydrogen-bond donors (Lipinski definition) is 1. The summed E-state index contributed by atoms with van der Waals surface area (Å²) < 4.78 is 11.8. The van der Waals surface area contributed by atoms with E-state index in [9.17, 15) is 0 Å². The number of aromatic nitrogens is 2. The van der Waals surface area contributed by atoms with Crippen LogP contribution in [0.3, 0.4) is 0 Å². The third-order valence-electron chi connectivity index (χ3n) is 6.21. The molecule has 3 aromatic rings. The van der Waals surface area contributed by atoms with Gasteiger partial charge in [-0.2, -0.15) is 0 Å². The monoisotopic (exact) mass is 391 g/mol. The molecule has 3 heterocycles. The lowest BCUT2D eigenvalue weighted by atomic mass is 10.0. The molecule has 2 aromatic heterocycles. The summed E-state index contributed by atoms with van der Waals surface area (Å²) in [5.41, 5.74) is 4.65. The minimum Gasteiger partial charge on any atom is -0.493 e. The van der Waals surface area contributed by atoms with E-state index in [2.05, 4.69) is 34.2 Å². The largest absolute Gasteiger partial charge is 0.493 e. The maximum absolute atomic E-state index is 6.12. The van der Waals surface area contributed by atoms with Gasteiger partial charge in [-0.05, 0) is 69.3 Å². The first-order valence-electron chi connectivity index (χ1n) is 10.9. The normalized spacial score (nSPS) is 17.3. The van der Waals surface area contributed by atoms with Gasteiger partial charge in [0, 0.05) is 29.6 Å². The van der Waals surface area contributed by atoms with E-state index in [-0.39, 0.29) is 0 Å². The number of benzene rings is 1. The minimum absolute atomic E-state index is 0.707. The van der Waals surface area contributed by atoms with Gasteiger partial charge in [0.15, 0.2) is 11.5 Å². The van der Waals surface area contributed by atoms with Crippen LogP contribution in [0.25, 0.3) is 27.4 Å². The van der Waals surface area contributed by atoms with Crippen LogP contribution < -0.4 is 9.47 Å². The Kier molecular flexibility index (Phi) is 5.15. The Morgan fingerprint density at radius 3 is 2.79 bits per heavy atom. The van der Waals surface area contributed by atoms with Gasteiger partial charge >= 0.3 is 0 Å². The summed E-state index contributed by atoms with van der Waals surface area (Å²) in [6.45, 7) is 4.29. The summed E-state index contributed by atoms with van der Waals surface area (Å²) in [7, 11) is 1.71. The van der Waals surface area contributed by atoms with Gasteiger partial charge in [-0.15, -0.1) is 0 Å². The number of nitrogens with zero attached hydrogens (tertiary/aromatic N) is 2. The SMILES string of the molecule is COc1cc2c(cc1OCCCN1CCCC1)[nH]c1ccnc(C3=CCCC3)c12. The number of likely N-dealkylation sites (tertiary alicyclic amines) is 1. The van der Waals surface area contributed by atoms with Crippen molar-refractivity contribution >= 4 is 27.4 Å². The topological polar surface area (TPSA) is 50.4 Å². The predicted molar refractivity (Wildman–Crippen MR) is 118 cm³/mol. The van der Waals surface area contributed by atoms with Crippen LogP contribution >= 0.6 is 0 Å². The van der Waals surface area contributed by atoms with Crippen molar-refractivity contribution in [1.29, 1.82) is 0 Å². The molecule has 5 heteroatoms. The lowest BCUT2D eigenvalue weighted by molar-refractivity contribution is 0.254. The molecular weight excluding hydrogens is 362 g/mol. The zero-order valence-corrected chi connectivity index (χ0v) is 17.2. The minimum atomic E-state index is 0.707. The molecule has 0 radical (unpaired) electrons. The molecule has 0 saturated carbocycles. The van der Waals surface area contributed by atoms with E-state index in [0.717, 1.165) is 59.4 Å². The highest BCUT2D eigenvalue weighted by atomic mass is 16.5. The summed E-state index contributed by atoms with van der Waals surface area (Å²) >= 11 is 0. The van der Waals surface area contributed by atoms with Gasteiger partial charge < -0.3 is 19.4 Å². The van der Waals surface area contributed by atoms with Crippen LogP contribution in [0, 0.1) is 0 Å². The summed E-state index contributed by atoms with van der Waals surface area (Å²) in [5, 5.41) is 2.34. The highest BCUT2D eigenvalue weighted by molar-refractivity contribution is 6.12. The number of pyridine rings is 1. The number of nitrogens with one attached hydrogen (secondary N) is 1. The highest BCUT2D eigenvalue weighted by Crippen LogP contribution is 2.39. The van der Waals surface area contributed by atoms with Crippen molar-refractivity contribution < 1.29 is 9.47 Å². The van der Waals surface area contributed by atoms with Crippen LogP contribution in [-0.2, 0) is 0 Å². The molecule has 5 rings (SSSR count). The Morgan fingerprint density at radius 1 is 1.10 bits per heavy atom. The van der Waals surface area contributed by atoms with E-state index in [0.29, 0.717) is 6.61 Å². The van der Waals surface area contributed by atoms with Crippen molar-refractivity contribution in [2.45, 2.75) is 38.5 Å². The molecule has 0 bridgehead atoms. The van der Waals surface area contributed by atoms with Gasteiger partial charge in [0.1, 0.15) is 0 Å². The number of rotatable bonds is 7. The third-order valence-corrected chi connectivity index (χ3v) is 6.21. The van der Waals surface area contributed by atoms with Crippen LogP contribution in [-0.4, -0.2) is 48.2 Å². The van der Waals surface area contributed by atoms with E-state index in [1.807, 2.05) is 6.20 Å². The van der Waals surface area contributed by atoms with Crippen LogP contribution in [0.1, 0.15) is 44.2 Å². The van der Waals surface area contributed by atoms with Gasteiger partial charge in [0.2, 0.25) is 0 Å². The van der Waals surface area contributed by atoms with Crippen LogP contribution in [0.2, 0.25) is 0 Å². The molecule has 1 saturated heterocycles. The van der Waals surface area contributed by atoms with Crippen molar-refractivity contribution in [3.8, 4) is 11.5 Å². The number of H-pyrrole nitrogens is 1. The van der Waals surface area contributed by atoms with Gasteiger partial charge in [0.25, 0.3) is 0 Å². The number of hydrogen-bond acceptors (Lipinski definition) is 4. The standard InChI is InChI=1S/C24H29N3O2/c1-28-21-15-18-20(16-22(21)29-14-6-13-27-11-4-5-12-27)26-19-9-10-25-24(23(18)19)17-7-2-3-8-17/h7,9-10,15-16,26H,2-6,8,11-14H2,1H3. The Hall–Kier alpha value is -2.53. The van der Waals surface area contributed by atoms with E-state index < -0.39 is 0 Å². The lowest BCUT2D eigenvalue weighted by Gasteiger charge is -2.15. The Morgan fingerprint density at radius 2 is 2.00 bits per heavy atom. The molecule has 5 nitrogen and oxygen atoms in total. The van der Waals surface area contributed by atoms with E-state index >= 15 is 0 Å². The van der Waals surface area contributed by atoms with Crippen LogP contribution in [0.15, 0.2) is 30.5 Å². The molecule has 29 heavy (non-hydrogen) atoms. The second-order valence-corrected chi connectivity index (χ2v) is 8.13. The van der Waals surface area contributed by atoms with Crippen LogP contribution in [0.5, 0.6) is 11.5 Å². The number of methoxy groups -OCH3 is 1. The first-order valence-corrected chi connectivity index (χ1v) is 10.9. The molecule has 1 fully saturated rings. The first-order chi connectivity index (χ1) is 14.3. The van der Waals surface area contributed by atoms with Gasteiger partial charge in [-0.1, -0.05) is 6.08 Å². The zero-order valence-electron chi connectivity index (χ0n) is 17.2. The van der Waals surface area contributed by atoms with Crippen molar-refractivity contribution in [1.82, 2.24) is 14.9 Å². The Bertz CT molecular complexity index is 1050. The molecule has 0 spiro atoms. The van der Waals surface area contributed by atoms with Crippen molar-refractivity contribution in [2.75, 3.05) is 33.4 Å². The molecule has 1 aromatic carbocycles. The number of fused-ring (bicyclic) bond motifs is 3. The predicted octanol–water partition coefficient (Wildman–Crippen LogP) is 5.16. The lowest BCUT2D eigenvalue weighted by Crippen LogP contribution is -2.21. The molecule has 0 atom stereocenters. The molecule has 0 amide bonds. The second-order valence-electron chi connectivity index (χ2n) is 8.13. The maximum Gasteiger partial charge on any atom is 0.163 e. The Labute approximate surface area is 171 Å². The molecule has 0 unspecified atom stereocenters. The fourth-order valence-corrected chi connectivity index (χ4v) is 4.73. The quantitative estimate of drug-likeness (QED) is 0.566. The second kappa shape index (κ2) is 8.07. The van der Waals surface area contributed by atoms with Gasteiger partial charge in [0.05, 0.1) is 30.4 Å². The Balaban J connectivity index is 1.44. The van der Waals surface area contributed by atoms with Crippen LogP contribution in [0.4, 0.5) is 0 Å². The van der Waals surface area contributed by atoms with E-state index in [4.69, 9.17) is 14.5 Å². The molecule has 2 aliphatic rings. The van der Waals surface area contributed by atoms with Gasteiger partial charge in [-0.25, -0.2) is 0 Å². The summed E-state index contributed by atoms with van der Waals surface area (Å²) in [5.74, 6) is 1.59. The van der Waals surface area contributed by atoms with Gasteiger partial charge in [-0.3, -0.25) is 4.98 Å². The average molecular weight is 392 g/mol. The summed E-state index contributed by atoms with van der Waals surface area (Å²) in [6, 6.07) is 6.24. The molecular formula is C24H29N3O2. The highest BCUT2D eigenvalue weighted by Gasteiger charge is 2.18. The number of allylic oxidation sites excluding steroid dienone is 2. The summed E-state index contributed by atoms with van der Waals surface area (Å²) in [4.78, 5) is 10.8. The van der Waals surface area contributed by atoms with Crippen molar-refractivity contribution in [2.24, 2.45) is 0 Å².